The number of benzene rings is 1. The van der Waals surface area contributed by atoms with Gasteiger partial charge in [0.05, 0.1) is 0 Å². The van der Waals surface area contributed by atoms with Gasteiger partial charge in [0.15, 0.2) is 0 Å². The van der Waals surface area contributed by atoms with Crippen LogP contribution in [0.1, 0.15) is 48.7 Å². The quantitative estimate of drug-likeness (QED) is 0.575. The molecule has 0 amide bonds. The maximum Gasteiger partial charge on any atom is 0.127 e. The molecule has 0 radical (unpaired) electrons. The highest BCUT2D eigenvalue weighted by Crippen LogP contribution is 2.40. The zero-order chi connectivity index (χ0) is 16.4. The highest BCUT2D eigenvalue weighted by atomic mass is 35.5. The third-order valence-electron chi connectivity index (χ3n) is 4.15. The van der Waals surface area contributed by atoms with Gasteiger partial charge in [0.2, 0.25) is 0 Å². The summed E-state index contributed by atoms with van der Waals surface area (Å²) in [5.41, 5.74) is 3.72. The van der Waals surface area contributed by atoms with E-state index in [0.717, 1.165) is 41.6 Å². The molecule has 1 aromatic heterocycles. The molecule has 0 saturated heterocycles. The Bertz CT molecular complexity index is 814. The number of aldehydes is 1. The molecule has 0 fully saturated rings. The van der Waals surface area contributed by atoms with Gasteiger partial charge in [-0.05, 0) is 54.0 Å². The normalized spacial score (nSPS) is 18.5. The molecule has 0 aliphatic heterocycles. The predicted octanol–water partition coefficient (Wildman–Crippen LogP) is 4.39. The number of hydrogen-bond donors (Lipinski definition) is 0. The van der Waals surface area contributed by atoms with E-state index in [0.29, 0.717) is 5.02 Å². The van der Waals surface area contributed by atoms with Crippen molar-refractivity contribution < 1.29 is 4.79 Å². The number of fused-ring (bicyclic) bond motifs is 1. The van der Waals surface area contributed by atoms with Gasteiger partial charge in [-0.1, -0.05) is 43.5 Å². The van der Waals surface area contributed by atoms with Gasteiger partial charge in [0, 0.05) is 22.2 Å². The van der Waals surface area contributed by atoms with Crippen LogP contribution in [0.25, 0.3) is 0 Å². The largest absolute Gasteiger partial charge is 0.303 e. The fourth-order valence-electron chi connectivity index (χ4n) is 3.12. The lowest BCUT2D eigenvalue weighted by molar-refractivity contribution is -0.109. The summed E-state index contributed by atoms with van der Waals surface area (Å²) in [5, 5.41) is 0.672. The molecule has 23 heavy (non-hydrogen) atoms. The number of aromatic nitrogens is 1. The fraction of sp³-hybridized carbons (Fsp3) is 0.300. The van der Waals surface area contributed by atoms with E-state index in [1.165, 1.54) is 0 Å². The molecule has 0 saturated carbocycles. The Morgan fingerprint density at radius 3 is 2.83 bits per heavy atom. The van der Waals surface area contributed by atoms with Crippen molar-refractivity contribution in [2.24, 2.45) is 5.41 Å². The molecule has 1 aromatic carbocycles. The highest BCUT2D eigenvalue weighted by molar-refractivity contribution is 6.30. The topological polar surface area (TPSA) is 30.0 Å². The zero-order valence-corrected chi connectivity index (χ0v) is 14.0. The average Bonchev–Trinajstić information content (AvgIpc) is 2.51. The van der Waals surface area contributed by atoms with Gasteiger partial charge in [-0.3, -0.25) is 0 Å². The second kappa shape index (κ2) is 6.18. The third-order valence-corrected chi connectivity index (χ3v) is 4.39. The summed E-state index contributed by atoms with van der Waals surface area (Å²) in [6.07, 6.45) is 2.79. The lowest BCUT2D eigenvalue weighted by atomic mass is 9.71. The van der Waals surface area contributed by atoms with E-state index in [1.807, 2.05) is 36.4 Å². The molecule has 1 atom stereocenters. The van der Waals surface area contributed by atoms with Crippen LogP contribution in [0.2, 0.25) is 5.02 Å². The van der Waals surface area contributed by atoms with Gasteiger partial charge in [0.25, 0.3) is 0 Å². The summed E-state index contributed by atoms with van der Waals surface area (Å²) in [6.45, 7) is 4.36. The molecule has 0 bridgehead atoms. The van der Waals surface area contributed by atoms with Crippen molar-refractivity contribution in [1.29, 1.82) is 0 Å². The Balaban J connectivity index is 1.94. The van der Waals surface area contributed by atoms with Crippen molar-refractivity contribution in [1.82, 2.24) is 4.98 Å². The maximum absolute atomic E-state index is 11.4. The molecule has 1 aliphatic rings. The van der Waals surface area contributed by atoms with Gasteiger partial charge in [-0.25, -0.2) is 4.98 Å². The van der Waals surface area contributed by atoms with E-state index in [-0.39, 0.29) is 11.3 Å². The van der Waals surface area contributed by atoms with Crippen molar-refractivity contribution in [3.63, 3.8) is 0 Å². The standard InChI is InChI=1S/C20H18ClNO/c1-20(2)11-15(13-23)18-9-8-17(22-19(18)12-20)7-6-14-4-3-5-16(21)10-14/h3-5,8-10,13,15H,11-12H2,1-2H3. The monoisotopic (exact) mass is 323 g/mol. The van der Waals surface area contributed by atoms with Gasteiger partial charge < -0.3 is 4.79 Å². The Hall–Kier alpha value is -2.11. The summed E-state index contributed by atoms with van der Waals surface area (Å²) < 4.78 is 0. The summed E-state index contributed by atoms with van der Waals surface area (Å²) in [7, 11) is 0. The average molecular weight is 324 g/mol. The Labute approximate surface area is 141 Å². The van der Waals surface area contributed by atoms with Crippen LogP contribution in [0.5, 0.6) is 0 Å². The van der Waals surface area contributed by atoms with Gasteiger partial charge in [-0.15, -0.1) is 0 Å². The Kier molecular flexibility index (Phi) is 4.24. The molecular weight excluding hydrogens is 306 g/mol. The molecule has 3 rings (SSSR count). The first kappa shape index (κ1) is 15.8. The molecule has 1 unspecified atom stereocenters. The van der Waals surface area contributed by atoms with Crippen LogP contribution in [0.3, 0.4) is 0 Å². The lowest BCUT2D eigenvalue weighted by Crippen LogP contribution is -2.27. The number of carbonyl (C=O) groups is 1. The molecule has 0 spiro atoms. The number of halogens is 1. The van der Waals surface area contributed by atoms with E-state index >= 15 is 0 Å². The first-order chi connectivity index (χ1) is 11.0. The van der Waals surface area contributed by atoms with Crippen LogP contribution >= 0.6 is 11.6 Å². The summed E-state index contributed by atoms with van der Waals surface area (Å²) in [5.74, 6) is 6.12. The van der Waals surface area contributed by atoms with Gasteiger partial charge >= 0.3 is 0 Å². The lowest BCUT2D eigenvalue weighted by Gasteiger charge is -2.34. The minimum atomic E-state index is -0.0591. The van der Waals surface area contributed by atoms with Crippen LogP contribution in [0.15, 0.2) is 36.4 Å². The van der Waals surface area contributed by atoms with E-state index in [9.17, 15) is 4.79 Å². The zero-order valence-electron chi connectivity index (χ0n) is 13.3. The van der Waals surface area contributed by atoms with E-state index in [1.54, 1.807) is 0 Å². The molecule has 116 valence electrons. The van der Waals surface area contributed by atoms with Crippen molar-refractivity contribution in [2.75, 3.05) is 0 Å². The van der Waals surface area contributed by atoms with Crippen molar-refractivity contribution in [3.05, 3.63) is 63.9 Å². The molecule has 2 aromatic rings. The van der Waals surface area contributed by atoms with Crippen molar-refractivity contribution in [2.45, 2.75) is 32.6 Å². The van der Waals surface area contributed by atoms with Crippen LogP contribution in [-0.4, -0.2) is 11.3 Å². The summed E-state index contributed by atoms with van der Waals surface area (Å²) in [6, 6.07) is 11.3. The molecule has 1 aliphatic carbocycles. The predicted molar refractivity (Wildman–Crippen MR) is 92.6 cm³/mol. The molecule has 3 heteroatoms. The Morgan fingerprint density at radius 2 is 2.09 bits per heavy atom. The third kappa shape index (κ3) is 3.63. The first-order valence-electron chi connectivity index (χ1n) is 7.69. The van der Waals surface area contributed by atoms with Crippen LogP contribution in [-0.2, 0) is 11.2 Å². The molecular formula is C20H18ClNO. The minimum absolute atomic E-state index is 0.0591. The van der Waals surface area contributed by atoms with E-state index < -0.39 is 0 Å². The number of carbonyl (C=O) groups excluding carboxylic acids is 1. The summed E-state index contributed by atoms with van der Waals surface area (Å²) in [4.78, 5) is 16.0. The molecule has 0 N–H and O–H groups in total. The SMILES string of the molecule is CC1(C)Cc2nc(C#Cc3cccc(Cl)c3)ccc2C(C=O)C1. The van der Waals surface area contributed by atoms with E-state index in [4.69, 9.17) is 11.6 Å². The number of pyridine rings is 1. The van der Waals surface area contributed by atoms with Crippen LogP contribution in [0.4, 0.5) is 0 Å². The fourth-order valence-corrected chi connectivity index (χ4v) is 3.31. The van der Waals surface area contributed by atoms with Crippen molar-refractivity contribution in [3.8, 4) is 11.8 Å². The number of hydrogen-bond acceptors (Lipinski definition) is 2. The second-order valence-corrected chi connectivity index (χ2v) is 7.22. The van der Waals surface area contributed by atoms with E-state index in [2.05, 4.69) is 30.7 Å². The number of rotatable bonds is 1. The first-order valence-corrected chi connectivity index (χ1v) is 8.07. The highest BCUT2D eigenvalue weighted by Gasteiger charge is 2.32. The molecule has 1 heterocycles. The smallest absolute Gasteiger partial charge is 0.127 e. The van der Waals surface area contributed by atoms with Crippen LogP contribution in [0, 0.1) is 17.3 Å². The summed E-state index contributed by atoms with van der Waals surface area (Å²) >= 11 is 5.97. The minimum Gasteiger partial charge on any atom is -0.303 e. The van der Waals surface area contributed by atoms with Gasteiger partial charge in [-0.2, -0.15) is 0 Å². The molecule has 2 nitrogen and oxygen atoms in total. The van der Waals surface area contributed by atoms with Gasteiger partial charge in [0.1, 0.15) is 12.0 Å². The maximum atomic E-state index is 11.4. The number of nitrogens with zero attached hydrogens (tertiary/aromatic N) is 1. The Morgan fingerprint density at radius 1 is 1.26 bits per heavy atom. The van der Waals surface area contributed by atoms with Crippen molar-refractivity contribution >= 4 is 17.9 Å². The second-order valence-electron chi connectivity index (χ2n) is 6.78. The van der Waals surface area contributed by atoms with Crippen LogP contribution < -0.4 is 0 Å².